The van der Waals surface area contributed by atoms with E-state index in [1.165, 1.54) is 0 Å². The van der Waals surface area contributed by atoms with Gasteiger partial charge < -0.3 is 13.9 Å². The smallest absolute Gasteiger partial charge is 0.175 e. The van der Waals surface area contributed by atoms with Crippen LogP contribution in [0.1, 0.15) is 41.5 Å². The van der Waals surface area contributed by atoms with Gasteiger partial charge in [-0.2, -0.15) is 0 Å². The van der Waals surface area contributed by atoms with E-state index < -0.39 is 27.4 Å². The Morgan fingerprint density at radius 3 is 0.867 bits per heavy atom. The Balaban J connectivity index is 2.64. The molecule has 1 aliphatic rings. The summed E-state index contributed by atoms with van der Waals surface area (Å²) in [5.74, 6) is 0. The van der Waals surface area contributed by atoms with Crippen LogP contribution in [0, 0.1) is 0 Å². The van der Waals surface area contributed by atoms with Crippen molar-refractivity contribution < 1.29 is 0 Å². The highest BCUT2D eigenvalue weighted by molar-refractivity contribution is 6.88. The van der Waals surface area contributed by atoms with Crippen molar-refractivity contribution in [3.8, 4) is 0 Å². The highest BCUT2D eigenvalue weighted by Gasteiger charge is 2.34. The molecule has 6 heteroatoms. The molecule has 0 aromatic heterocycles. The monoisotopic (exact) mass is 261 g/mol. The van der Waals surface area contributed by atoms with E-state index in [1.807, 2.05) is 0 Å². The third-order valence-electron chi connectivity index (χ3n) is 3.08. The summed E-state index contributed by atoms with van der Waals surface area (Å²) in [4.78, 5) is 0. The molecule has 1 heterocycles. The SMILES string of the molecule is CC(C)[SiH]1N[SiH](C(C)C)N[SiH](C(C)C)N1. The zero-order valence-corrected chi connectivity index (χ0v) is 14.4. The van der Waals surface area contributed by atoms with Crippen LogP contribution < -0.4 is 13.9 Å². The lowest BCUT2D eigenvalue weighted by atomic mass is 10.6. The van der Waals surface area contributed by atoms with Crippen LogP contribution in [-0.4, -0.2) is 27.4 Å². The Morgan fingerprint density at radius 2 is 0.733 bits per heavy atom. The zero-order valence-electron chi connectivity index (χ0n) is 11.0. The van der Waals surface area contributed by atoms with Gasteiger partial charge in [0.2, 0.25) is 0 Å². The van der Waals surface area contributed by atoms with Crippen LogP contribution in [-0.2, 0) is 0 Å². The van der Waals surface area contributed by atoms with E-state index in [9.17, 15) is 0 Å². The molecular formula is C9H27N3Si3. The number of rotatable bonds is 3. The molecule has 15 heavy (non-hydrogen) atoms. The summed E-state index contributed by atoms with van der Waals surface area (Å²) in [7, 11) is -2.60. The molecule has 1 aliphatic heterocycles. The van der Waals surface area contributed by atoms with Crippen LogP contribution >= 0.6 is 0 Å². The fourth-order valence-electron chi connectivity index (χ4n) is 1.88. The number of hydrogen-bond donors (Lipinski definition) is 3. The Hall–Kier alpha value is 0.531. The first-order chi connectivity index (χ1) is 6.91. The van der Waals surface area contributed by atoms with Gasteiger partial charge in [0.1, 0.15) is 0 Å². The Kier molecular flexibility index (Phi) is 5.20. The molecule has 0 radical (unpaired) electrons. The minimum Gasteiger partial charge on any atom is -0.341 e. The van der Waals surface area contributed by atoms with Crippen LogP contribution in [0.15, 0.2) is 0 Å². The molecule has 1 fully saturated rings. The van der Waals surface area contributed by atoms with E-state index in [0.717, 1.165) is 16.6 Å². The predicted molar refractivity (Wildman–Crippen MR) is 76.1 cm³/mol. The highest BCUT2D eigenvalue weighted by atomic mass is 28.4. The van der Waals surface area contributed by atoms with Crippen LogP contribution in [0.3, 0.4) is 0 Å². The Bertz CT molecular complexity index is 160. The average Bonchev–Trinajstić information content (AvgIpc) is 2.16. The van der Waals surface area contributed by atoms with E-state index in [4.69, 9.17) is 0 Å². The van der Waals surface area contributed by atoms with Gasteiger partial charge in [-0.1, -0.05) is 41.5 Å². The van der Waals surface area contributed by atoms with Crippen LogP contribution in [0.2, 0.25) is 16.6 Å². The first-order valence-corrected chi connectivity index (χ1v) is 11.7. The molecule has 3 N–H and O–H groups in total. The highest BCUT2D eigenvalue weighted by Crippen LogP contribution is 2.14. The molecule has 0 saturated carbocycles. The summed E-state index contributed by atoms with van der Waals surface area (Å²) in [6.45, 7) is 14.2. The van der Waals surface area contributed by atoms with E-state index in [1.54, 1.807) is 0 Å². The number of nitrogens with one attached hydrogen (secondary N) is 3. The third-order valence-corrected chi connectivity index (χ3v) is 15.7. The van der Waals surface area contributed by atoms with Crippen LogP contribution in [0.25, 0.3) is 0 Å². The lowest BCUT2D eigenvalue weighted by molar-refractivity contribution is 0.888. The summed E-state index contributed by atoms with van der Waals surface area (Å²) in [6.07, 6.45) is 0. The molecule has 0 amide bonds. The molecule has 0 aromatic rings. The van der Waals surface area contributed by atoms with Gasteiger partial charge in [-0.3, -0.25) is 0 Å². The Morgan fingerprint density at radius 1 is 0.533 bits per heavy atom. The van der Waals surface area contributed by atoms with Crippen molar-refractivity contribution in [2.75, 3.05) is 0 Å². The van der Waals surface area contributed by atoms with Crippen molar-refractivity contribution in [2.24, 2.45) is 0 Å². The fourth-order valence-corrected chi connectivity index (χ4v) is 19.5. The fraction of sp³-hybridized carbons (Fsp3) is 1.00. The molecule has 1 rings (SSSR count). The van der Waals surface area contributed by atoms with Crippen molar-refractivity contribution in [3.63, 3.8) is 0 Å². The minimum absolute atomic E-state index is 0.828. The molecule has 0 bridgehead atoms. The first-order valence-electron chi connectivity index (χ1n) is 6.20. The summed E-state index contributed by atoms with van der Waals surface area (Å²) < 4.78 is 11.8. The van der Waals surface area contributed by atoms with Gasteiger partial charge in [-0.25, -0.2) is 0 Å². The average molecular weight is 262 g/mol. The van der Waals surface area contributed by atoms with Crippen LogP contribution in [0.5, 0.6) is 0 Å². The van der Waals surface area contributed by atoms with Crippen molar-refractivity contribution in [3.05, 3.63) is 0 Å². The van der Waals surface area contributed by atoms with Gasteiger partial charge in [-0.15, -0.1) is 0 Å². The van der Waals surface area contributed by atoms with Crippen LogP contribution in [0.4, 0.5) is 0 Å². The molecule has 0 aliphatic carbocycles. The molecule has 1 saturated heterocycles. The minimum atomic E-state index is -0.866. The van der Waals surface area contributed by atoms with Gasteiger partial charge in [-0.05, 0) is 16.6 Å². The van der Waals surface area contributed by atoms with Gasteiger partial charge in [0.25, 0.3) is 0 Å². The number of hydrogen-bond acceptors (Lipinski definition) is 3. The van der Waals surface area contributed by atoms with Crippen molar-refractivity contribution in [2.45, 2.75) is 58.2 Å². The lowest BCUT2D eigenvalue weighted by Crippen LogP contribution is -2.76. The van der Waals surface area contributed by atoms with Gasteiger partial charge >= 0.3 is 0 Å². The standard InChI is InChI=1S/C9H27N3Si3/c1-7(2)13-10-14(8(3)4)12-15(11-13)9(5)6/h7-15H,1-6H3. The van der Waals surface area contributed by atoms with E-state index >= 15 is 0 Å². The first kappa shape index (κ1) is 13.6. The summed E-state index contributed by atoms with van der Waals surface area (Å²) >= 11 is 0. The third kappa shape index (κ3) is 3.79. The second kappa shape index (κ2) is 5.74. The van der Waals surface area contributed by atoms with Crippen molar-refractivity contribution >= 4 is 27.4 Å². The molecule has 0 unspecified atom stereocenters. The van der Waals surface area contributed by atoms with Crippen molar-refractivity contribution in [1.29, 1.82) is 0 Å². The normalized spacial score (nSPS) is 33.0. The summed E-state index contributed by atoms with van der Waals surface area (Å²) in [5.41, 5.74) is 2.48. The topological polar surface area (TPSA) is 36.1 Å². The second-order valence-electron chi connectivity index (χ2n) is 5.67. The largest absolute Gasteiger partial charge is 0.341 e. The van der Waals surface area contributed by atoms with E-state index in [0.29, 0.717) is 0 Å². The lowest BCUT2D eigenvalue weighted by Gasteiger charge is -2.41. The molecule has 3 nitrogen and oxygen atoms in total. The molecule has 90 valence electrons. The molecular weight excluding hydrogens is 234 g/mol. The maximum absolute atomic E-state index is 3.93. The summed E-state index contributed by atoms with van der Waals surface area (Å²) in [5, 5.41) is 0. The van der Waals surface area contributed by atoms with E-state index in [2.05, 4.69) is 55.5 Å². The predicted octanol–water partition coefficient (Wildman–Crippen LogP) is 0.660. The Labute approximate surface area is 99.7 Å². The molecule has 0 aromatic carbocycles. The van der Waals surface area contributed by atoms with Gasteiger partial charge in [0, 0.05) is 0 Å². The van der Waals surface area contributed by atoms with Gasteiger partial charge in [0.15, 0.2) is 27.4 Å². The maximum atomic E-state index is 3.93. The quantitative estimate of drug-likeness (QED) is 0.653. The zero-order chi connectivity index (χ0) is 11.6. The summed E-state index contributed by atoms with van der Waals surface area (Å²) in [6, 6.07) is 0. The molecule has 0 spiro atoms. The van der Waals surface area contributed by atoms with E-state index in [-0.39, 0.29) is 0 Å². The van der Waals surface area contributed by atoms with Gasteiger partial charge in [0.05, 0.1) is 0 Å². The second-order valence-corrected chi connectivity index (χ2v) is 16.5. The van der Waals surface area contributed by atoms with Crippen molar-refractivity contribution in [1.82, 2.24) is 13.9 Å². The maximum Gasteiger partial charge on any atom is 0.175 e. The molecule has 0 atom stereocenters.